The number of alkyl halides is 2. The first-order valence-corrected chi connectivity index (χ1v) is 15.5. The number of ether oxygens (including phenoxy) is 1. The van der Waals surface area contributed by atoms with Gasteiger partial charge in [-0.15, -0.1) is 11.3 Å². The van der Waals surface area contributed by atoms with Crippen LogP contribution in [0, 0.1) is 24.6 Å². The quantitative estimate of drug-likeness (QED) is 0.407. The monoisotopic (exact) mass is 617 g/mol. The zero-order chi connectivity index (χ0) is 30.5. The van der Waals surface area contributed by atoms with Crippen LogP contribution in [0.5, 0.6) is 0 Å². The van der Waals surface area contributed by atoms with Gasteiger partial charge in [0.25, 0.3) is 5.92 Å². The Balaban J connectivity index is 1.35. The van der Waals surface area contributed by atoms with E-state index in [1.807, 2.05) is 0 Å². The van der Waals surface area contributed by atoms with E-state index in [9.17, 15) is 19.1 Å². The highest BCUT2D eigenvalue weighted by atomic mass is 32.1. The van der Waals surface area contributed by atoms with Crippen LogP contribution < -0.4 is 5.32 Å². The summed E-state index contributed by atoms with van der Waals surface area (Å²) in [6.07, 6.45) is 3.41. The van der Waals surface area contributed by atoms with Gasteiger partial charge in [0, 0.05) is 43.0 Å². The maximum Gasteiger partial charge on any atom is 0.338 e. The summed E-state index contributed by atoms with van der Waals surface area (Å²) in [5.74, 6) is -5.25. The Morgan fingerprint density at radius 3 is 2.72 bits per heavy atom. The Labute approximate surface area is 251 Å². The maximum absolute atomic E-state index is 15.7. The Kier molecular flexibility index (Phi) is 8.07. The van der Waals surface area contributed by atoms with Gasteiger partial charge in [-0.25, -0.2) is 22.9 Å². The lowest BCUT2D eigenvalue weighted by Gasteiger charge is -2.38. The number of rotatable bonds is 9. The van der Waals surface area contributed by atoms with Crippen molar-refractivity contribution in [3.8, 4) is 0 Å². The van der Waals surface area contributed by atoms with Gasteiger partial charge in [0.1, 0.15) is 11.9 Å². The number of hydrogen-bond donors (Lipinski definition) is 2. The number of fused-ring (bicyclic) bond motifs is 1. The molecule has 3 aliphatic heterocycles. The summed E-state index contributed by atoms with van der Waals surface area (Å²) in [7, 11) is 0. The number of aliphatic imine (C=N–C) groups is 1. The van der Waals surface area contributed by atoms with Gasteiger partial charge in [0.2, 0.25) is 0 Å². The molecule has 13 heteroatoms. The maximum atomic E-state index is 15.7. The fourth-order valence-electron chi connectivity index (χ4n) is 7.01. The number of esters is 1. The Morgan fingerprint density at radius 1 is 1.23 bits per heavy atom. The average molecular weight is 618 g/mol. The molecule has 0 spiro atoms. The third-order valence-electron chi connectivity index (χ3n) is 9.21. The van der Waals surface area contributed by atoms with Gasteiger partial charge in [-0.2, -0.15) is 0 Å². The van der Waals surface area contributed by atoms with Crippen LogP contribution in [0.25, 0.3) is 0 Å². The lowest BCUT2D eigenvalue weighted by atomic mass is 9.73. The molecule has 9 nitrogen and oxygen atoms in total. The van der Waals surface area contributed by atoms with Crippen LogP contribution in [0.1, 0.15) is 48.4 Å². The minimum absolute atomic E-state index is 0.00478. The highest BCUT2D eigenvalue weighted by Gasteiger charge is 2.60. The van der Waals surface area contributed by atoms with Crippen LogP contribution >= 0.6 is 11.3 Å². The van der Waals surface area contributed by atoms with Crippen LogP contribution in [0.2, 0.25) is 0 Å². The van der Waals surface area contributed by atoms with Crippen molar-refractivity contribution in [2.75, 3.05) is 32.8 Å². The first kappa shape index (κ1) is 29.8. The van der Waals surface area contributed by atoms with E-state index in [1.54, 1.807) is 47.4 Å². The molecule has 43 heavy (non-hydrogen) atoms. The van der Waals surface area contributed by atoms with Crippen LogP contribution in [-0.2, 0) is 14.3 Å². The predicted octanol–water partition coefficient (Wildman–Crippen LogP) is 4.00. The third kappa shape index (κ3) is 5.46. The largest absolute Gasteiger partial charge is 0.481 e. The summed E-state index contributed by atoms with van der Waals surface area (Å²) in [6.45, 7) is 3.64. The number of nitrogens with zero attached hydrogens (tertiary/aromatic N) is 4. The summed E-state index contributed by atoms with van der Waals surface area (Å²) in [5, 5.41) is 15.0. The lowest BCUT2D eigenvalue weighted by Crippen LogP contribution is -2.49. The molecule has 2 N–H and O–H groups in total. The minimum Gasteiger partial charge on any atom is -0.481 e. The number of carbonyl (C=O) groups excluding carboxylic acids is 1. The molecule has 1 aromatic heterocycles. The number of amidine groups is 1. The van der Waals surface area contributed by atoms with E-state index < -0.39 is 54.3 Å². The first-order valence-electron chi connectivity index (χ1n) is 14.6. The second-order valence-corrected chi connectivity index (χ2v) is 12.5. The molecule has 4 heterocycles. The van der Waals surface area contributed by atoms with Crippen molar-refractivity contribution >= 4 is 29.1 Å². The van der Waals surface area contributed by atoms with E-state index in [-0.39, 0.29) is 24.6 Å². The number of benzene rings is 1. The van der Waals surface area contributed by atoms with Crippen molar-refractivity contribution in [2.24, 2.45) is 16.8 Å². The van der Waals surface area contributed by atoms with Crippen molar-refractivity contribution in [2.45, 2.75) is 57.2 Å². The number of aromatic nitrogens is 1. The zero-order valence-corrected chi connectivity index (χ0v) is 24.7. The van der Waals surface area contributed by atoms with Gasteiger partial charge in [0.05, 0.1) is 30.7 Å². The van der Waals surface area contributed by atoms with Crippen LogP contribution in [0.15, 0.2) is 46.0 Å². The predicted molar refractivity (Wildman–Crippen MR) is 153 cm³/mol. The van der Waals surface area contributed by atoms with Gasteiger partial charge >= 0.3 is 11.9 Å². The molecule has 4 aliphatic rings. The average Bonchev–Trinajstić information content (AvgIpc) is 3.67. The molecule has 5 atom stereocenters. The summed E-state index contributed by atoms with van der Waals surface area (Å²) >= 11 is 1.33. The van der Waals surface area contributed by atoms with E-state index >= 15 is 8.78 Å². The van der Waals surface area contributed by atoms with Crippen molar-refractivity contribution < 1.29 is 32.6 Å². The normalized spacial score (nSPS) is 28.7. The first-order chi connectivity index (χ1) is 20.6. The Hall–Kier alpha value is -3.29. The number of halogens is 3. The second kappa shape index (κ2) is 11.7. The molecule has 2 aromatic rings. The number of aliphatic carboxylic acids is 1. The van der Waals surface area contributed by atoms with Gasteiger partial charge in [-0.3, -0.25) is 19.6 Å². The minimum atomic E-state index is -3.03. The second-order valence-electron chi connectivity index (χ2n) is 11.7. The number of carbonyl (C=O) groups is 2. The standard InChI is InChI=1S/C30H34F3N5O4S/c1-3-42-29(41)23-21(35-26(27-34-10-12-43-27)36-24(23)18-5-4-6-20(31)16(18)2)14-38-15-30(32,33)25-22(38)9-11-37(25)13-17-7-8-19(17)28(39)40/h4-6,10,12,17,19,22,24-25H,3,7-9,11,13-15H2,1-2H3,(H,35,36)(H,39,40). The Morgan fingerprint density at radius 2 is 2.05 bits per heavy atom. The number of hydrogen-bond acceptors (Lipinski definition) is 9. The molecule has 1 aromatic carbocycles. The molecule has 1 saturated carbocycles. The van der Waals surface area contributed by atoms with E-state index in [4.69, 9.17) is 9.73 Å². The highest BCUT2D eigenvalue weighted by molar-refractivity contribution is 7.11. The molecule has 0 bridgehead atoms. The number of carboxylic acid groups (broad SMARTS) is 1. The number of likely N-dealkylation sites (tertiary alicyclic amines) is 2. The summed E-state index contributed by atoms with van der Waals surface area (Å²) in [6, 6.07) is 2.11. The number of nitrogens with one attached hydrogen (secondary N) is 1. The summed E-state index contributed by atoms with van der Waals surface area (Å²) in [4.78, 5) is 37.6. The molecule has 2 saturated heterocycles. The molecule has 230 valence electrons. The van der Waals surface area contributed by atoms with Crippen molar-refractivity contribution in [1.82, 2.24) is 20.1 Å². The van der Waals surface area contributed by atoms with E-state index in [1.165, 1.54) is 17.4 Å². The van der Waals surface area contributed by atoms with Crippen molar-refractivity contribution in [3.63, 3.8) is 0 Å². The van der Waals surface area contributed by atoms with Crippen LogP contribution in [-0.4, -0.2) is 88.5 Å². The smallest absolute Gasteiger partial charge is 0.338 e. The van der Waals surface area contributed by atoms with E-state index in [0.29, 0.717) is 53.6 Å². The van der Waals surface area contributed by atoms with Crippen molar-refractivity contribution in [3.05, 3.63) is 63.0 Å². The SMILES string of the molecule is CCOC(=O)C1=C(CN2CC(F)(F)C3C2CCN3CC2CCC2C(=O)O)NC(c2nccs2)=NC1c1cccc(F)c1C. The fourth-order valence-corrected chi connectivity index (χ4v) is 7.60. The van der Waals surface area contributed by atoms with Crippen LogP contribution in [0.4, 0.5) is 13.2 Å². The van der Waals surface area contributed by atoms with Gasteiger partial charge in [0.15, 0.2) is 10.8 Å². The summed E-state index contributed by atoms with van der Waals surface area (Å²) < 4.78 is 51.5. The van der Waals surface area contributed by atoms with Gasteiger partial charge < -0.3 is 15.2 Å². The molecule has 1 aliphatic carbocycles. The van der Waals surface area contributed by atoms with Gasteiger partial charge in [-0.05, 0) is 56.2 Å². The molecule has 5 unspecified atom stereocenters. The van der Waals surface area contributed by atoms with E-state index in [0.717, 1.165) is 6.42 Å². The van der Waals surface area contributed by atoms with Crippen LogP contribution in [0.3, 0.4) is 0 Å². The summed E-state index contributed by atoms with van der Waals surface area (Å²) in [5.41, 5.74) is 1.32. The molecule has 0 amide bonds. The van der Waals surface area contributed by atoms with Gasteiger partial charge in [-0.1, -0.05) is 12.1 Å². The molecule has 0 radical (unpaired) electrons. The Bertz CT molecular complexity index is 1470. The molecular weight excluding hydrogens is 583 g/mol. The topological polar surface area (TPSA) is 107 Å². The molecular formula is C30H34F3N5O4S. The fraction of sp³-hybridized carbons (Fsp3) is 0.533. The lowest BCUT2D eigenvalue weighted by molar-refractivity contribution is -0.148. The number of carboxylic acids is 1. The molecule has 6 rings (SSSR count). The number of thiazole rings is 1. The third-order valence-corrected chi connectivity index (χ3v) is 9.99. The van der Waals surface area contributed by atoms with E-state index in [2.05, 4.69) is 10.3 Å². The zero-order valence-electron chi connectivity index (χ0n) is 23.9. The molecule has 3 fully saturated rings. The van der Waals surface area contributed by atoms with Crippen molar-refractivity contribution in [1.29, 1.82) is 0 Å². The highest BCUT2D eigenvalue weighted by Crippen LogP contribution is 2.45.